The van der Waals surface area contributed by atoms with Crippen LogP contribution in [0.3, 0.4) is 0 Å². The van der Waals surface area contributed by atoms with E-state index >= 15 is 0 Å². The molecule has 3 heterocycles. The van der Waals surface area contributed by atoms with Crippen LogP contribution in [0.25, 0.3) is 34.0 Å². The summed E-state index contributed by atoms with van der Waals surface area (Å²) in [6.07, 6.45) is 0.139. The first kappa shape index (κ1) is 27.5. The van der Waals surface area contributed by atoms with Crippen LogP contribution in [0.5, 0.6) is 0 Å². The number of nitrogens with zero attached hydrogens (tertiary/aromatic N) is 5. The third-order valence-electron chi connectivity index (χ3n) is 6.88. The van der Waals surface area contributed by atoms with E-state index in [4.69, 9.17) is 9.26 Å². The fourth-order valence-electron chi connectivity index (χ4n) is 4.65. The summed E-state index contributed by atoms with van der Waals surface area (Å²) in [7, 11) is 0. The summed E-state index contributed by atoms with van der Waals surface area (Å²) in [4.78, 5) is 21.6. The number of esters is 1. The maximum absolute atomic E-state index is 14.4. The molecule has 0 spiro atoms. The SMILES string of the molecule is CCCOC(=O)C(c1cc(-c2ccc(C3CC3)cc2C(F)(F)F)no1)n1cc2nc(-c3cccc(F)c3F)nc-2cn1. The Morgan fingerprint density at radius 2 is 1.86 bits per heavy atom. The molecule has 3 aromatic rings. The monoisotopic (exact) mass is 583 g/mol. The standard InChI is InChI=1S/C29H22F5N5O3/c1-2-10-41-28(40)26(39-14-23-22(13-35-39)36-27(37-23)18-4-3-5-20(30)25(18)31)24-12-21(38-42-24)17-9-8-16(15-6-7-15)11-19(17)29(32,33)34/h3-5,8-9,11-15,26H,2,6-7,10H2,1H3. The highest BCUT2D eigenvalue weighted by atomic mass is 19.4. The highest BCUT2D eigenvalue weighted by molar-refractivity contribution is 5.78. The third kappa shape index (κ3) is 5.21. The second-order valence-electron chi connectivity index (χ2n) is 9.93. The van der Waals surface area contributed by atoms with E-state index in [1.165, 1.54) is 36.7 Å². The van der Waals surface area contributed by atoms with Crippen molar-refractivity contribution in [2.75, 3.05) is 6.61 Å². The average Bonchev–Trinajstić information content (AvgIpc) is 3.56. The molecule has 6 rings (SSSR count). The molecule has 216 valence electrons. The van der Waals surface area contributed by atoms with Crippen molar-refractivity contribution in [3.63, 3.8) is 0 Å². The normalized spacial score (nSPS) is 14.3. The maximum Gasteiger partial charge on any atom is 0.417 e. The third-order valence-corrected chi connectivity index (χ3v) is 6.88. The van der Waals surface area contributed by atoms with Crippen LogP contribution in [-0.2, 0) is 15.7 Å². The quantitative estimate of drug-likeness (QED) is 0.146. The van der Waals surface area contributed by atoms with Crippen LogP contribution in [0.2, 0.25) is 0 Å². The zero-order valence-corrected chi connectivity index (χ0v) is 22.0. The summed E-state index contributed by atoms with van der Waals surface area (Å²) >= 11 is 0. The summed E-state index contributed by atoms with van der Waals surface area (Å²) in [6.45, 7) is 1.86. The molecule has 0 bridgehead atoms. The lowest BCUT2D eigenvalue weighted by atomic mass is 9.98. The first-order valence-corrected chi connectivity index (χ1v) is 13.1. The van der Waals surface area contributed by atoms with E-state index in [1.54, 1.807) is 13.0 Å². The van der Waals surface area contributed by atoms with Crippen molar-refractivity contribution in [2.24, 2.45) is 0 Å². The zero-order chi connectivity index (χ0) is 29.6. The van der Waals surface area contributed by atoms with Gasteiger partial charge >= 0.3 is 12.1 Å². The van der Waals surface area contributed by atoms with Gasteiger partial charge in [0.05, 0.1) is 30.1 Å². The lowest BCUT2D eigenvalue weighted by molar-refractivity contribution is -0.147. The van der Waals surface area contributed by atoms with Crippen molar-refractivity contribution < 1.29 is 36.0 Å². The molecule has 2 aliphatic heterocycles. The largest absolute Gasteiger partial charge is 0.464 e. The van der Waals surface area contributed by atoms with Gasteiger partial charge in [-0.1, -0.05) is 30.3 Å². The van der Waals surface area contributed by atoms with Gasteiger partial charge in [0.1, 0.15) is 17.1 Å². The minimum atomic E-state index is -4.64. The van der Waals surface area contributed by atoms with Gasteiger partial charge in [0, 0.05) is 11.6 Å². The number of carbonyl (C=O) groups is 1. The Morgan fingerprint density at radius 1 is 1.07 bits per heavy atom. The molecule has 2 aromatic carbocycles. The molecule has 1 fully saturated rings. The molecule has 8 nitrogen and oxygen atoms in total. The number of ether oxygens (including phenoxy) is 1. The van der Waals surface area contributed by atoms with Crippen molar-refractivity contribution in [1.82, 2.24) is 24.9 Å². The average molecular weight is 584 g/mol. The summed E-state index contributed by atoms with van der Waals surface area (Å²) in [6, 6.07) is 7.59. The Hall–Kier alpha value is -4.68. The summed E-state index contributed by atoms with van der Waals surface area (Å²) in [5.41, 5.74) is -0.303. The number of hydrogen-bond donors (Lipinski definition) is 0. The van der Waals surface area contributed by atoms with Crippen LogP contribution in [0.1, 0.15) is 55.0 Å². The summed E-state index contributed by atoms with van der Waals surface area (Å²) < 4.78 is 82.0. The van der Waals surface area contributed by atoms with Crippen molar-refractivity contribution in [3.8, 4) is 34.0 Å². The number of benzene rings is 2. The van der Waals surface area contributed by atoms with E-state index in [0.717, 1.165) is 29.7 Å². The van der Waals surface area contributed by atoms with E-state index in [0.29, 0.717) is 12.0 Å². The molecule has 42 heavy (non-hydrogen) atoms. The number of imidazole rings is 1. The lowest BCUT2D eigenvalue weighted by Gasteiger charge is -2.16. The number of fused-ring (bicyclic) bond motifs is 1. The van der Waals surface area contributed by atoms with E-state index in [2.05, 4.69) is 20.2 Å². The Balaban J connectivity index is 1.40. The van der Waals surface area contributed by atoms with Gasteiger partial charge in [-0.2, -0.15) is 18.3 Å². The van der Waals surface area contributed by atoms with Gasteiger partial charge in [0.15, 0.2) is 23.2 Å². The highest BCUT2D eigenvalue weighted by Crippen LogP contribution is 2.44. The van der Waals surface area contributed by atoms with Gasteiger partial charge in [-0.15, -0.1) is 0 Å². The zero-order valence-electron chi connectivity index (χ0n) is 22.0. The number of carbonyl (C=O) groups excluding carboxylic acids is 1. The summed E-state index contributed by atoms with van der Waals surface area (Å²) in [5, 5.41) is 8.07. The van der Waals surface area contributed by atoms with Crippen LogP contribution in [0, 0.1) is 11.6 Å². The fraction of sp³-hybridized carbons (Fsp3) is 0.276. The Morgan fingerprint density at radius 3 is 2.60 bits per heavy atom. The van der Waals surface area contributed by atoms with Crippen LogP contribution in [-0.4, -0.2) is 37.5 Å². The molecule has 1 aromatic heterocycles. The highest BCUT2D eigenvalue weighted by Gasteiger charge is 2.37. The maximum atomic E-state index is 14.4. The van der Waals surface area contributed by atoms with E-state index < -0.39 is 35.4 Å². The molecule has 1 saturated carbocycles. The van der Waals surface area contributed by atoms with Gasteiger partial charge in [-0.3, -0.25) is 0 Å². The predicted molar refractivity (Wildman–Crippen MR) is 138 cm³/mol. The van der Waals surface area contributed by atoms with Gasteiger partial charge in [-0.05, 0) is 48.9 Å². The van der Waals surface area contributed by atoms with Crippen LogP contribution in [0.15, 0.2) is 59.4 Å². The second-order valence-corrected chi connectivity index (χ2v) is 9.93. The Kier molecular flexibility index (Phi) is 6.95. The van der Waals surface area contributed by atoms with Gasteiger partial charge in [0.25, 0.3) is 0 Å². The van der Waals surface area contributed by atoms with Crippen LogP contribution in [0.4, 0.5) is 22.0 Å². The lowest BCUT2D eigenvalue weighted by Crippen LogP contribution is -2.25. The molecular formula is C29H22F5N5O3. The van der Waals surface area contributed by atoms with Crippen molar-refractivity contribution >= 4 is 5.97 Å². The van der Waals surface area contributed by atoms with E-state index in [1.807, 2.05) is 0 Å². The molecule has 13 heteroatoms. The molecule has 1 unspecified atom stereocenters. The number of alkyl halides is 3. The molecular weight excluding hydrogens is 561 g/mol. The van der Waals surface area contributed by atoms with Crippen molar-refractivity contribution in [2.45, 2.75) is 44.3 Å². The van der Waals surface area contributed by atoms with E-state index in [9.17, 15) is 26.7 Å². The smallest absolute Gasteiger partial charge is 0.417 e. The molecule has 1 aliphatic carbocycles. The summed E-state index contributed by atoms with van der Waals surface area (Å²) in [5.74, 6) is -3.09. The van der Waals surface area contributed by atoms with Crippen LogP contribution < -0.4 is 0 Å². The molecule has 1 atom stereocenters. The number of aromatic nitrogens is 5. The molecule has 0 N–H and O–H groups in total. The number of hydrogen-bond acceptors (Lipinski definition) is 7. The topological polar surface area (TPSA) is 95.9 Å². The number of rotatable bonds is 8. The first-order valence-electron chi connectivity index (χ1n) is 13.1. The van der Waals surface area contributed by atoms with Gasteiger partial charge in [-0.25, -0.2) is 28.2 Å². The number of halogens is 5. The second kappa shape index (κ2) is 10.6. The Bertz CT molecular complexity index is 1740. The van der Waals surface area contributed by atoms with Crippen molar-refractivity contribution in [1.29, 1.82) is 0 Å². The van der Waals surface area contributed by atoms with Gasteiger partial charge < -0.3 is 9.26 Å². The molecule has 0 saturated heterocycles. The predicted octanol–water partition coefficient (Wildman–Crippen LogP) is 6.82. The molecule has 0 amide bonds. The first-order chi connectivity index (χ1) is 20.1. The van der Waals surface area contributed by atoms with Gasteiger partial charge in [0.2, 0.25) is 6.04 Å². The fourth-order valence-corrected chi connectivity index (χ4v) is 4.65. The van der Waals surface area contributed by atoms with E-state index in [-0.39, 0.29) is 52.3 Å². The minimum absolute atomic E-state index is 0.0686. The van der Waals surface area contributed by atoms with Crippen molar-refractivity contribution in [3.05, 3.63) is 83.4 Å². The molecule has 0 radical (unpaired) electrons. The molecule has 3 aliphatic rings. The minimum Gasteiger partial charge on any atom is -0.464 e. The Labute approximate surface area is 235 Å². The van der Waals surface area contributed by atoms with Crippen LogP contribution >= 0.6 is 0 Å².